The third-order valence-corrected chi connectivity index (χ3v) is 5.33. The van der Waals surface area contributed by atoms with Gasteiger partial charge in [0, 0.05) is 61.1 Å². The summed E-state index contributed by atoms with van der Waals surface area (Å²) in [7, 11) is 0. The number of nitrogens with one attached hydrogen (secondary N) is 1. The van der Waals surface area contributed by atoms with E-state index in [1.165, 1.54) is 11.8 Å². The molecule has 0 bridgehead atoms. The van der Waals surface area contributed by atoms with Crippen molar-refractivity contribution in [1.29, 1.82) is 0 Å². The Kier molecular flexibility index (Phi) is 6.89. The lowest BCUT2D eigenvalue weighted by Crippen LogP contribution is -2.35. The predicted octanol–water partition coefficient (Wildman–Crippen LogP) is 4.03. The predicted molar refractivity (Wildman–Crippen MR) is 131 cm³/mol. The Morgan fingerprint density at radius 3 is 2.88 bits per heavy atom. The van der Waals surface area contributed by atoms with Crippen LogP contribution >= 0.6 is 0 Å². The highest BCUT2D eigenvalue weighted by atomic mass is 16.5. The van der Waals surface area contributed by atoms with Crippen molar-refractivity contribution in [3.8, 4) is 0 Å². The molecule has 32 heavy (non-hydrogen) atoms. The highest BCUT2D eigenvalue weighted by Crippen LogP contribution is 2.24. The number of allylic oxidation sites excluding steroid dienone is 1. The number of anilines is 2. The Balaban J connectivity index is 1.66. The van der Waals surface area contributed by atoms with E-state index >= 15 is 0 Å². The minimum Gasteiger partial charge on any atom is -0.404 e. The van der Waals surface area contributed by atoms with Crippen LogP contribution in [0.1, 0.15) is 16.7 Å². The molecule has 0 aliphatic carbocycles. The molecule has 0 atom stereocenters. The fraction of sp³-hybridized carbons (Fsp3) is 0.240. The smallest absolute Gasteiger partial charge is 0.227 e. The maximum absolute atomic E-state index is 5.90. The Labute approximate surface area is 188 Å². The molecule has 1 saturated heterocycles. The molecule has 0 radical (unpaired) electrons. The van der Waals surface area contributed by atoms with E-state index in [2.05, 4.69) is 62.9 Å². The van der Waals surface area contributed by atoms with Crippen molar-refractivity contribution in [2.45, 2.75) is 13.5 Å². The molecule has 0 amide bonds. The number of aromatic nitrogens is 2. The SMILES string of the molecule is C=CN=C/C(=C\N)c1cc(CN2CCOCC2)cc(Nc2ncc3cc(C)ccc3n2)c1. The summed E-state index contributed by atoms with van der Waals surface area (Å²) >= 11 is 0. The van der Waals surface area contributed by atoms with E-state index in [1.54, 1.807) is 12.4 Å². The van der Waals surface area contributed by atoms with Crippen molar-refractivity contribution in [1.82, 2.24) is 14.9 Å². The van der Waals surface area contributed by atoms with Crippen molar-refractivity contribution >= 4 is 34.3 Å². The number of aryl methyl sites for hydroxylation is 1. The summed E-state index contributed by atoms with van der Waals surface area (Å²) in [6.07, 6.45) is 6.60. The Bertz CT molecular complexity index is 1160. The van der Waals surface area contributed by atoms with Crippen LogP contribution in [0.25, 0.3) is 16.5 Å². The first-order valence-electron chi connectivity index (χ1n) is 10.7. The lowest BCUT2D eigenvalue weighted by atomic mass is 10.0. The quantitative estimate of drug-likeness (QED) is 0.553. The van der Waals surface area contributed by atoms with Gasteiger partial charge >= 0.3 is 0 Å². The van der Waals surface area contributed by atoms with Gasteiger partial charge in [0.05, 0.1) is 18.7 Å². The highest BCUT2D eigenvalue weighted by Gasteiger charge is 2.13. The van der Waals surface area contributed by atoms with Gasteiger partial charge in [0.2, 0.25) is 5.95 Å². The summed E-state index contributed by atoms with van der Waals surface area (Å²) in [5.74, 6) is 0.550. The molecule has 0 unspecified atom stereocenters. The lowest BCUT2D eigenvalue weighted by molar-refractivity contribution is 0.0342. The molecule has 3 aromatic rings. The van der Waals surface area contributed by atoms with Gasteiger partial charge in [0.15, 0.2) is 0 Å². The molecule has 3 N–H and O–H groups in total. The third kappa shape index (κ3) is 5.38. The highest BCUT2D eigenvalue weighted by molar-refractivity contribution is 6.10. The number of hydrogen-bond donors (Lipinski definition) is 2. The largest absolute Gasteiger partial charge is 0.404 e. The van der Waals surface area contributed by atoms with E-state index in [1.807, 2.05) is 18.3 Å². The molecular weight excluding hydrogens is 400 g/mol. The number of nitrogens with two attached hydrogens (primary N) is 1. The zero-order chi connectivity index (χ0) is 22.3. The maximum Gasteiger partial charge on any atom is 0.227 e. The second kappa shape index (κ2) is 10.2. The van der Waals surface area contributed by atoms with Gasteiger partial charge in [-0.3, -0.25) is 9.89 Å². The number of fused-ring (bicyclic) bond motifs is 1. The van der Waals surface area contributed by atoms with Crippen molar-refractivity contribution in [2.75, 3.05) is 31.6 Å². The molecule has 1 aliphatic rings. The van der Waals surface area contributed by atoms with E-state index < -0.39 is 0 Å². The summed E-state index contributed by atoms with van der Waals surface area (Å²) < 4.78 is 5.48. The van der Waals surface area contributed by atoms with Gasteiger partial charge in [-0.15, -0.1) is 0 Å². The van der Waals surface area contributed by atoms with Gasteiger partial charge in [-0.05, 0) is 48.4 Å². The van der Waals surface area contributed by atoms with Crippen molar-refractivity contribution in [3.05, 3.63) is 78.3 Å². The Hall–Kier alpha value is -3.55. The second-order valence-corrected chi connectivity index (χ2v) is 7.77. The number of hydrogen-bond acceptors (Lipinski definition) is 7. The Morgan fingerprint density at radius 1 is 1.25 bits per heavy atom. The molecule has 1 fully saturated rings. The van der Waals surface area contributed by atoms with Crippen LogP contribution in [0.3, 0.4) is 0 Å². The summed E-state index contributed by atoms with van der Waals surface area (Å²) in [4.78, 5) is 15.7. The topological polar surface area (TPSA) is 88.7 Å². The van der Waals surface area contributed by atoms with Crippen LogP contribution in [0.15, 0.2) is 66.6 Å². The fourth-order valence-electron chi connectivity index (χ4n) is 3.73. The molecule has 2 heterocycles. The molecule has 164 valence electrons. The first-order chi connectivity index (χ1) is 15.6. The third-order valence-electron chi connectivity index (χ3n) is 5.33. The number of morpholine rings is 1. The van der Waals surface area contributed by atoms with Crippen LogP contribution in [0, 0.1) is 6.92 Å². The molecule has 1 aliphatic heterocycles. The normalized spacial score (nSPS) is 15.3. The van der Waals surface area contributed by atoms with Gasteiger partial charge in [0.25, 0.3) is 0 Å². The van der Waals surface area contributed by atoms with E-state index in [-0.39, 0.29) is 0 Å². The van der Waals surface area contributed by atoms with Gasteiger partial charge in [-0.25, -0.2) is 9.97 Å². The molecule has 2 aromatic carbocycles. The minimum absolute atomic E-state index is 0.550. The molecule has 0 spiro atoms. The molecule has 4 rings (SSSR count). The van der Waals surface area contributed by atoms with E-state index in [0.29, 0.717) is 5.95 Å². The van der Waals surface area contributed by atoms with Crippen LogP contribution in [0.2, 0.25) is 0 Å². The standard InChI is InChI=1S/C25H28N6O/c1-3-27-15-22(14-26)20-11-19(17-31-6-8-32-9-7-31)12-23(13-20)29-25-28-16-21-10-18(2)4-5-24(21)30-25/h3-5,10-16H,1,6-9,17,26H2,2H3,(H,28,29,30)/b22-14+,27-15?. The van der Waals surface area contributed by atoms with Crippen LogP contribution in [0.4, 0.5) is 11.6 Å². The first-order valence-corrected chi connectivity index (χ1v) is 10.7. The van der Waals surface area contributed by atoms with E-state index in [9.17, 15) is 0 Å². The van der Waals surface area contributed by atoms with E-state index in [0.717, 1.165) is 66.1 Å². The van der Waals surface area contributed by atoms with Gasteiger partial charge in [0.1, 0.15) is 0 Å². The zero-order valence-corrected chi connectivity index (χ0v) is 18.3. The monoisotopic (exact) mass is 428 g/mol. The number of ether oxygens (including phenoxy) is 1. The first kappa shape index (κ1) is 21.7. The van der Waals surface area contributed by atoms with Crippen molar-refractivity contribution in [2.24, 2.45) is 10.7 Å². The number of benzene rings is 2. The summed E-state index contributed by atoms with van der Waals surface area (Å²) in [5.41, 5.74) is 11.8. The van der Waals surface area contributed by atoms with Gasteiger partial charge < -0.3 is 15.8 Å². The second-order valence-electron chi connectivity index (χ2n) is 7.77. The van der Waals surface area contributed by atoms with E-state index in [4.69, 9.17) is 10.5 Å². The molecule has 1 aromatic heterocycles. The van der Waals surface area contributed by atoms with Crippen molar-refractivity contribution < 1.29 is 4.74 Å². The average molecular weight is 429 g/mol. The number of aliphatic imine (C=N–C) groups is 1. The molecular formula is C25H28N6O. The lowest BCUT2D eigenvalue weighted by Gasteiger charge is -2.27. The van der Waals surface area contributed by atoms with Crippen LogP contribution in [-0.4, -0.2) is 47.4 Å². The molecule has 7 nitrogen and oxygen atoms in total. The number of rotatable bonds is 7. The van der Waals surface area contributed by atoms with Gasteiger partial charge in [-0.2, -0.15) is 0 Å². The van der Waals surface area contributed by atoms with Crippen LogP contribution in [-0.2, 0) is 11.3 Å². The average Bonchev–Trinajstić information content (AvgIpc) is 2.80. The minimum atomic E-state index is 0.550. The van der Waals surface area contributed by atoms with Crippen molar-refractivity contribution in [3.63, 3.8) is 0 Å². The van der Waals surface area contributed by atoms with Gasteiger partial charge in [-0.1, -0.05) is 18.2 Å². The number of nitrogens with zero attached hydrogens (tertiary/aromatic N) is 4. The van der Waals surface area contributed by atoms with Crippen LogP contribution < -0.4 is 11.1 Å². The Morgan fingerprint density at radius 2 is 2.09 bits per heavy atom. The molecule has 7 heteroatoms. The summed E-state index contributed by atoms with van der Waals surface area (Å²) in [6.45, 7) is 9.87. The maximum atomic E-state index is 5.90. The fourth-order valence-corrected chi connectivity index (χ4v) is 3.73. The molecule has 0 saturated carbocycles. The zero-order valence-electron chi connectivity index (χ0n) is 18.3. The summed E-state index contributed by atoms with van der Waals surface area (Å²) in [6, 6.07) is 12.4. The summed E-state index contributed by atoms with van der Waals surface area (Å²) in [5, 5.41) is 4.39. The van der Waals surface area contributed by atoms with Crippen LogP contribution in [0.5, 0.6) is 0 Å².